The zero-order valence-corrected chi connectivity index (χ0v) is 16.7. The molecule has 6 rings (SSSR count). The number of carbonyl (C=O) groups is 1. The molecule has 4 bridgehead atoms. The summed E-state index contributed by atoms with van der Waals surface area (Å²) in [7, 11) is 0. The number of hydrogen-bond donors (Lipinski definition) is 2. The fourth-order valence-corrected chi connectivity index (χ4v) is 7.88. The van der Waals surface area contributed by atoms with Gasteiger partial charge in [0.25, 0.3) is 0 Å². The molecule has 1 aromatic rings. The number of nitrogens with one attached hydrogen (secondary N) is 1. The zero-order chi connectivity index (χ0) is 18.7. The molecule has 0 aromatic heterocycles. The summed E-state index contributed by atoms with van der Waals surface area (Å²) in [6.45, 7) is 2.33. The summed E-state index contributed by atoms with van der Waals surface area (Å²) in [4.78, 5) is 13.8. The highest BCUT2D eigenvalue weighted by molar-refractivity contribution is 5.85. The Kier molecular flexibility index (Phi) is 3.99. The van der Waals surface area contributed by atoms with E-state index in [1.54, 1.807) is 0 Å². The van der Waals surface area contributed by atoms with Crippen molar-refractivity contribution in [1.29, 1.82) is 0 Å². The first kappa shape index (κ1) is 17.7. The van der Waals surface area contributed by atoms with Gasteiger partial charge in [0.2, 0.25) is 5.91 Å². The van der Waals surface area contributed by atoms with Crippen molar-refractivity contribution in [3.63, 3.8) is 0 Å². The quantitative estimate of drug-likeness (QED) is 0.835. The first-order valence-electron chi connectivity index (χ1n) is 11.1. The number of amides is 1. The van der Waals surface area contributed by atoms with Gasteiger partial charge in [0.05, 0.1) is 5.41 Å². The smallest absolute Gasteiger partial charge is 0.227 e. The molecular weight excluding hydrogens is 332 g/mol. The van der Waals surface area contributed by atoms with E-state index >= 15 is 0 Å². The lowest BCUT2D eigenvalue weighted by Gasteiger charge is -2.41. The molecule has 0 saturated heterocycles. The van der Waals surface area contributed by atoms with E-state index in [9.17, 15) is 4.79 Å². The van der Waals surface area contributed by atoms with Gasteiger partial charge in [-0.3, -0.25) is 4.79 Å². The Morgan fingerprint density at radius 3 is 2.52 bits per heavy atom. The largest absolute Gasteiger partial charge is 0.353 e. The van der Waals surface area contributed by atoms with Crippen molar-refractivity contribution < 1.29 is 4.79 Å². The third-order valence-corrected chi connectivity index (χ3v) is 8.93. The molecular formula is C24H34N2O. The van der Waals surface area contributed by atoms with Gasteiger partial charge in [-0.25, -0.2) is 0 Å². The van der Waals surface area contributed by atoms with Crippen LogP contribution in [0.2, 0.25) is 0 Å². The minimum atomic E-state index is -0.139. The molecule has 1 aromatic carbocycles. The minimum Gasteiger partial charge on any atom is -0.353 e. The summed E-state index contributed by atoms with van der Waals surface area (Å²) < 4.78 is 0. The molecule has 0 spiro atoms. The maximum Gasteiger partial charge on any atom is 0.227 e. The van der Waals surface area contributed by atoms with E-state index in [1.807, 2.05) is 0 Å². The number of rotatable bonds is 4. The van der Waals surface area contributed by atoms with Crippen molar-refractivity contribution in [3.05, 3.63) is 35.9 Å². The van der Waals surface area contributed by atoms with Gasteiger partial charge in [0, 0.05) is 12.1 Å². The van der Waals surface area contributed by atoms with Crippen LogP contribution in [0.1, 0.15) is 76.7 Å². The second kappa shape index (κ2) is 6.07. The number of hydrogen-bond acceptors (Lipinski definition) is 2. The summed E-state index contributed by atoms with van der Waals surface area (Å²) in [5.74, 6) is 1.10. The van der Waals surface area contributed by atoms with Gasteiger partial charge in [0.1, 0.15) is 0 Å². The molecule has 0 heterocycles. The molecule has 0 aliphatic heterocycles. The van der Waals surface area contributed by atoms with E-state index in [1.165, 1.54) is 24.8 Å². The Balaban J connectivity index is 1.45. The summed E-state index contributed by atoms with van der Waals surface area (Å²) in [5, 5.41) is 3.52. The zero-order valence-electron chi connectivity index (χ0n) is 16.7. The molecule has 0 radical (unpaired) electrons. The average molecular weight is 367 g/mol. The summed E-state index contributed by atoms with van der Waals surface area (Å²) in [6.07, 6.45) is 11.3. The topological polar surface area (TPSA) is 55.1 Å². The van der Waals surface area contributed by atoms with Crippen molar-refractivity contribution in [3.8, 4) is 0 Å². The lowest BCUT2D eigenvalue weighted by Crippen LogP contribution is -2.51. The van der Waals surface area contributed by atoms with Crippen molar-refractivity contribution in [2.24, 2.45) is 22.5 Å². The lowest BCUT2D eigenvalue weighted by atomic mass is 9.63. The van der Waals surface area contributed by atoms with Crippen LogP contribution in [0.15, 0.2) is 30.3 Å². The van der Waals surface area contributed by atoms with Crippen LogP contribution < -0.4 is 11.1 Å². The first-order chi connectivity index (χ1) is 13.0. The van der Waals surface area contributed by atoms with Crippen molar-refractivity contribution in [2.75, 3.05) is 0 Å². The molecule has 146 valence electrons. The predicted octanol–water partition coefficient (Wildman–Crippen LogP) is 4.30. The molecule has 27 heavy (non-hydrogen) atoms. The van der Waals surface area contributed by atoms with Gasteiger partial charge in [0.15, 0.2) is 0 Å². The van der Waals surface area contributed by atoms with Crippen LogP contribution in [0.5, 0.6) is 0 Å². The van der Waals surface area contributed by atoms with E-state index in [0.717, 1.165) is 50.9 Å². The maximum atomic E-state index is 13.8. The third kappa shape index (κ3) is 2.46. The lowest BCUT2D eigenvalue weighted by molar-refractivity contribution is -0.137. The Bertz CT molecular complexity index is 725. The molecule has 5 aliphatic rings. The van der Waals surface area contributed by atoms with Crippen LogP contribution in [-0.4, -0.2) is 18.0 Å². The molecule has 5 fully saturated rings. The summed E-state index contributed by atoms with van der Waals surface area (Å²) in [5.41, 5.74) is 7.84. The SMILES string of the molecule is CC[C@]12CC3CC1(C(=O)NC1CCC(N)CC1)C[C@@](c1ccccc1)(C3)C2. The molecule has 5 aliphatic carbocycles. The number of carbonyl (C=O) groups excluding carboxylic acids is 1. The Labute approximate surface area is 163 Å². The summed E-state index contributed by atoms with van der Waals surface area (Å²) in [6, 6.07) is 11.8. The van der Waals surface area contributed by atoms with Gasteiger partial charge in [-0.2, -0.15) is 0 Å². The van der Waals surface area contributed by atoms with E-state index in [2.05, 4.69) is 42.6 Å². The monoisotopic (exact) mass is 366 g/mol. The molecule has 1 amide bonds. The normalized spacial score (nSPS) is 45.2. The van der Waals surface area contributed by atoms with Crippen LogP contribution in [0.25, 0.3) is 0 Å². The maximum absolute atomic E-state index is 13.8. The first-order valence-corrected chi connectivity index (χ1v) is 11.1. The fourth-order valence-electron chi connectivity index (χ4n) is 7.88. The van der Waals surface area contributed by atoms with Crippen LogP contribution in [-0.2, 0) is 10.2 Å². The van der Waals surface area contributed by atoms with Gasteiger partial charge in [-0.1, -0.05) is 37.3 Å². The van der Waals surface area contributed by atoms with E-state index < -0.39 is 0 Å². The highest BCUT2D eigenvalue weighted by Gasteiger charge is 2.73. The Hall–Kier alpha value is -1.35. The highest BCUT2D eigenvalue weighted by Crippen LogP contribution is 2.77. The second-order valence-electron chi connectivity index (χ2n) is 10.3. The van der Waals surface area contributed by atoms with E-state index in [4.69, 9.17) is 5.73 Å². The van der Waals surface area contributed by atoms with Crippen LogP contribution in [0, 0.1) is 16.7 Å². The van der Waals surface area contributed by atoms with Gasteiger partial charge < -0.3 is 11.1 Å². The van der Waals surface area contributed by atoms with Crippen LogP contribution in [0.4, 0.5) is 0 Å². The van der Waals surface area contributed by atoms with Crippen molar-refractivity contribution in [1.82, 2.24) is 5.32 Å². The molecule has 2 unspecified atom stereocenters. The molecule has 5 saturated carbocycles. The Morgan fingerprint density at radius 2 is 1.81 bits per heavy atom. The molecule has 4 atom stereocenters. The van der Waals surface area contributed by atoms with Crippen molar-refractivity contribution >= 4 is 5.91 Å². The van der Waals surface area contributed by atoms with Gasteiger partial charge >= 0.3 is 0 Å². The van der Waals surface area contributed by atoms with E-state index in [0.29, 0.717) is 18.0 Å². The molecule has 3 N–H and O–H groups in total. The van der Waals surface area contributed by atoms with Gasteiger partial charge in [-0.15, -0.1) is 0 Å². The van der Waals surface area contributed by atoms with Crippen LogP contribution in [0.3, 0.4) is 0 Å². The number of nitrogens with two attached hydrogens (primary N) is 1. The predicted molar refractivity (Wildman–Crippen MR) is 108 cm³/mol. The highest BCUT2D eigenvalue weighted by atomic mass is 16.2. The van der Waals surface area contributed by atoms with Crippen LogP contribution >= 0.6 is 0 Å². The molecule has 3 nitrogen and oxygen atoms in total. The van der Waals surface area contributed by atoms with Gasteiger partial charge in [-0.05, 0) is 86.5 Å². The van der Waals surface area contributed by atoms with Crippen molar-refractivity contribution in [2.45, 2.75) is 88.6 Å². The third-order valence-electron chi connectivity index (χ3n) is 8.93. The average Bonchev–Trinajstić information content (AvgIpc) is 3.04. The number of benzene rings is 1. The Morgan fingerprint density at radius 1 is 1.07 bits per heavy atom. The minimum absolute atomic E-state index is 0.139. The molecule has 3 heteroatoms. The standard InChI is InChI=1S/C24H34N2O/c1-2-23-13-17-12-22(15-23,18-6-4-3-5-7-18)16-24(23,14-17)21(27)26-20-10-8-19(25)9-11-20/h3-7,17,19-20H,2,8-16,25H2,1H3,(H,26,27)/t17?,19?,20?,22-,23-,24?/m1/s1. The van der Waals surface area contributed by atoms with E-state index in [-0.39, 0.29) is 16.2 Å². The summed E-state index contributed by atoms with van der Waals surface area (Å²) >= 11 is 0. The fraction of sp³-hybridized carbons (Fsp3) is 0.708. The second-order valence-corrected chi connectivity index (χ2v) is 10.3.